The second kappa shape index (κ2) is 17.0. The van der Waals surface area contributed by atoms with Crippen molar-refractivity contribution in [2.75, 3.05) is 106 Å². The Morgan fingerprint density at radius 3 is 2.32 bits per heavy atom. The summed E-state index contributed by atoms with van der Waals surface area (Å²) >= 11 is 0. The molecule has 2 aromatic carbocycles. The van der Waals surface area contributed by atoms with E-state index in [1.54, 1.807) is 23.0 Å². The third kappa shape index (κ3) is 8.44. The highest BCUT2D eigenvalue weighted by atomic mass is 16.5. The largest absolute Gasteiger partial charge is 0.492 e. The van der Waals surface area contributed by atoms with Crippen LogP contribution in [-0.2, 0) is 9.59 Å². The van der Waals surface area contributed by atoms with Gasteiger partial charge in [0.1, 0.15) is 18.0 Å². The zero-order valence-electron chi connectivity index (χ0n) is 32.4. The molecule has 0 spiro atoms. The van der Waals surface area contributed by atoms with Gasteiger partial charge in [-0.1, -0.05) is 12.1 Å². The Balaban J connectivity index is 0.903. The van der Waals surface area contributed by atoms with Crippen molar-refractivity contribution < 1.29 is 29.0 Å². The number of para-hydroxylation sites is 1. The van der Waals surface area contributed by atoms with Gasteiger partial charge in [-0.2, -0.15) is 4.98 Å². The summed E-state index contributed by atoms with van der Waals surface area (Å²) in [6.07, 6.45) is 4.02. The zero-order valence-corrected chi connectivity index (χ0v) is 32.4. The summed E-state index contributed by atoms with van der Waals surface area (Å²) in [5.41, 5.74) is 3.74. The molecule has 16 heteroatoms. The minimum atomic E-state index is -1.19. The third-order valence-electron chi connectivity index (χ3n) is 11.5. The minimum Gasteiger partial charge on any atom is -0.492 e. The van der Waals surface area contributed by atoms with Gasteiger partial charge in [-0.05, 0) is 62.8 Å². The summed E-state index contributed by atoms with van der Waals surface area (Å²) in [5.74, 6) is 2.16. The second-order valence-electron chi connectivity index (χ2n) is 15.0. The van der Waals surface area contributed by atoms with Crippen LogP contribution in [0.15, 0.2) is 48.7 Å². The van der Waals surface area contributed by atoms with Gasteiger partial charge in [0.05, 0.1) is 29.7 Å². The first-order valence-electron chi connectivity index (χ1n) is 19.6. The standard InChI is InChI=1S/C40H52N10O6/c1-4-56-34-23-29(9-10-31(34)43-39-41-24-33-36(44-39)45(2)32-8-6-5-7-30(32)38(53)46(33)3)48-17-13-28(14-18-48)37(52)50-15-11-27(12-16-50)26-47-19-21-49(22-20-47)35(51)25-42-40(54)55/h5-10,23-24,27-28,42H,4,11-22,25-26H2,1-3H3,(H,54,55)(H,41,43,44). The van der Waals surface area contributed by atoms with Gasteiger partial charge in [0.25, 0.3) is 5.91 Å². The molecule has 298 valence electrons. The molecule has 16 nitrogen and oxygen atoms in total. The molecule has 0 atom stereocenters. The Morgan fingerprint density at radius 2 is 1.61 bits per heavy atom. The molecule has 56 heavy (non-hydrogen) atoms. The van der Waals surface area contributed by atoms with Crippen molar-refractivity contribution in [2.45, 2.75) is 32.6 Å². The number of fused-ring (bicyclic) bond motifs is 2. The fraction of sp³-hybridized carbons (Fsp3) is 0.500. The average Bonchev–Trinajstić information content (AvgIpc) is 3.30. The fourth-order valence-electron chi connectivity index (χ4n) is 8.25. The van der Waals surface area contributed by atoms with E-state index in [4.69, 9.17) is 14.8 Å². The van der Waals surface area contributed by atoms with Gasteiger partial charge in [-0.25, -0.2) is 9.78 Å². The predicted octanol–water partition coefficient (Wildman–Crippen LogP) is 3.84. The van der Waals surface area contributed by atoms with Gasteiger partial charge in [0.15, 0.2) is 5.82 Å². The molecule has 1 aromatic heterocycles. The molecule has 3 N–H and O–H groups in total. The van der Waals surface area contributed by atoms with Gasteiger partial charge in [0, 0.05) is 90.7 Å². The van der Waals surface area contributed by atoms with Crippen LogP contribution in [0.1, 0.15) is 43.0 Å². The van der Waals surface area contributed by atoms with Gasteiger partial charge >= 0.3 is 6.09 Å². The number of nitrogens with one attached hydrogen (secondary N) is 2. The van der Waals surface area contributed by atoms with Crippen LogP contribution < -0.4 is 30.1 Å². The number of hydrogen-bond donors (Lipinski definition) is 3. The van der Waals surface area contributed by atoms with Crippen molar-refractivity contribution in [1.82, 2.24) is 30.0 Å². The summed E-state index contributed by atoms with van der Waals surface area (Å²) in [5, 5.41) is 14.3. The molecule has 0 radical (unpaired) electrons. The predicted molar refractivity (Wildman–Crippen MR) is 213 cm³/mol. The number of aromatic nitrogens is 2. The van der Waals surface area contributed by atoms with E-state index in [0.29, 0.717) is 54.4 Å². The lowest BCUT2D eigenvalue weighted by atomic mass is 9.91. The lowest BCUT2D eigenvalue weighted by molar-refractivity contribution is -0.137. The maximum Gasteiger partial charge on any atom is 0.405 e. The average molecular weight is 769 g/mol. The van der Waals surface area contributed by atoms with Crippen LogP contribution in [-0.4, -0.2) is 140 Å². The number of rotatable bonds is 10. The number of anilines is 6. The molecular weight excluding hydrogens is 717 g/mol. The molecule has 0 saturated carbocycles. The number of piperazine rings is 1. The summed E-state index contributed by atoms with van der Waals surface area (Å²) in [4.78, 5) is 71.1. The van der Waals surface area contributed by atoms with Crippen LogP contribution in [0, 0.1) is 11.8 Å². The Hall–Kier alpha value is -5.64. The zero-order chi connectivity index (χ0) is 39.3. The number of piperidine rings is 2. The first-order chi connectivity index (χ1) is 27.1. The smallest absolute Gasteiger partial charge is 0.405 e. The number of hydrogen-bond acceptors (Lipinski definition) is 11. The van der Waals surface area contributed by atoms with Crippen LogP contribution in [0.5, 0.6) is 5.75 Å². The monoisotopic (exact) mass is 768 g/mol. The summed E-state index contributed by atoms with van der Waals surface area (Å²) in [6, 6.07) is 13.6. The van der Waals surface area contributed by atoms with Crippen LogP contribution in [0.3, 0.4) is 0 Å². The van der Waals surface area contributed by atoms with E-state index in [-0.39, 0.29) is 30.2 Å². The molecule has 0 unspecified atom stereocenters. The molecule has 7 rings (SSSR count). The number of nitrogens with zero attached hydrogens (tertiary/aromatic N) is 8. The number of carbonyl (C=O) groups is 4. The number of ether oxygens (including phenoxy) is 1. The Morgan fingerprint density at radius 1 is 0.875 bits per heavy atom. The van der Waals surface area contributed by atoms with Crippen molar-refractivity contribution in [2.24, 2.45) is 11.8 Å². The maximum atomic E-state index is 13.6. The van der Waals surface area contributed by atoms with E-state index in [0.717, 1.165) is 88.6 Å². The van der Waals surface area contributed by atoms with Gasteiger partial charge in [-0.15, -0.1) is 0 Å². The molecule has 4 aliphatic heterocycles. The van der Waals surface area contributed by atoms with E-state index in [2.05, 4.69) is 36.4 Å². The Labute approximate surface area is 327 Å². The fourth-order valence-corrected chi connectivity index (χ4v) is 8.25. The van der Waals surface area contributed by atoms with E-state index in [1.807, 2.05) is 55.3 Å². The summed E-state index contributed by atoms with van der Waals surface area (Å²) in [6.45, 7) is 9.08. The summed E-state index contributed by atoms with van der Waals surface area (Å²) < 4.78 is 6.09. The maximum absolute atomic E-state index is 13.6. The highest BCUT2D eigenvalue weighted by molar-refractivity contribution is 6.13. The van der Waals surface area contributed by atoms with Crippen molar-refractivity contribution in [3.8, 4) is 5.75 Å². The molecule has 0 bridgehead atoms. The molecule has 3 aromatic rings. The number of carboxylic acid groups (broad SMARTS) is 1. The quantitative estimate of drug-likeness (QED) is 0.273. The van der Waals surface area contributed by atoms with E-state index in [9.17, 15) is 19.2 Å². The third-order valence-corrected chi connectivity index (χ3v) is 11.5. The molecular formula is C40H52N10O6. The number of likely N-dealkylation sites (tertiary alicyclic amines) is 1. The number of benzene rings is 2. The molecule has 3 saturated heterocycles. The first-order valence-corrected chi connectivity index (χ1v) is 19.6. The Kier molecular flexibility index (Phi) is 11.7. The van der Waals surface area contributed by atoms with Crippen LogP contribution in [0.4, 0.5) is 39.3 Å². The van der Waals surface area contributed by atoms with E-state index >= 15 is 0 Å². The normalized spacial score (nSPS) is 18.3. The molecule has 0 aliphatic carbocycles. The van der Waals surface area contributed by atoms with Crippen LogP contribution >= 0.6 is 0 Å². The molecule has 3 fully saturated rings. The minimum absolute atomic E-state index is 0.0149. The second-order valence-corrected chi connectivity index (χ2v) is 15.0. The van der Waals surface area contributed by atoms with Crippen molar-refractivity contribution >= 4 is 58.3 Å². The molecule has 5 heterocycles. The van der Waals surface area contributed by atoms with Gasteiger partial charge in [-0.3, -0.25) is 19.3 Å². The summed E-state index contributed by atoms with van der Waals surface area (Å²) in [7, 11) is 3.63. The highest BCUT2D eigenvalue weighted by Crippen LogP contribution is 2.39. The van der Waals surface area contributed by atoms with E-state index < -0.39 is 6.09 Å². The number of carbonyl (C=O) groups excluding carboxylic acids is 3. The van der Waals surface area contributed by atoms with Crippen molar-refractivity contribution in [1.29, 1.82) is 0 Å². The lowest BCUT2D eigenvalue weighted by Gasteiger charge is -2.40. The van der Waals surface area contributed by atoms with Crippen LogP contribution in [0.2, 0.25) is 0 Å². The van der Waals surface area contributed by atoms with Gasteiger partial charge in [0.2, 0.25) is 17.8 Å². The molecule has 4 aliphatic rings. The van der Waals surface area contributed by atoms with Gasteiger partial charge < -0.3 is 45.0 Å². The van der Waals surface area contributed by atoms with Crippen LogP contribution in [0.25, 0.3) is 0 Å². The molecule has 4 amide bonds. The SMILES string of the molecule is CCOc1cc(N2CCC(C(=O)N3CCC(CN4CCN(C(=O)CNC(=O)O)CC4)CC3)CC2)ccc1Nc1ncc2c(n1)N(C)c1ccccc1C(=O)N2C. The van der Waals surface area contributed by atoms with E-state index in [1.165, 1.54) is 0 Å². The van der Waals surface area contributed by atoms with Crippen molar-refractivity contribution in [3.63, 3.8) is 0 Å². The topological polar surface area (TPSA) is 167 Å². The highest BCUT2D eigenvalue weighted by Gasteiger charge is 2.33. The number of amides is 4. The Bertz CT molecular complexity index is 1920. The lowest BCUT2D eigenvalue weighted by Crippen LogP contribution is -2.52. The van der Waals surface area contributed by atoms with Crippen molar-refractivity contribution in [3.05, 3.63) is 54.2 Å². The first kappa shape index (κ1) is 38.6.